The van der Waals surface area contributed by atoms with E-state index < -0.39 is 0 Å². The summed E-state index contributed by atoms with van der Waals surface area (Å²) in [6.07, 6.45) is 2.86. The summed E-state index contributed by atoms with van der Waals surface area (Å²) in [5.74, 6) is -0.0433. The maximum absolute atomic E-state index is 11.5. The van der Waals surface area contributed by atoms with Gasteiger partial charge in [-0.15, -0.1) is 0 Å². The standard InChI is InChI=1S/C15H31NO3/c1-7-8-10-16-13(17)12-19-15(5,6)9-11-18-14(2,3)4/h7-12H2,1-6H3,(H,16,17). The van der Waals surface area contributed by atoms with Gasteiger partial charge in [-0.3, -0.25) is 4.79 Å². The van der Waals surface area contributed by atoms with Crippen molar-refractivity contribution in [3.8, 4) is 0 Å². The lowest BCUT2D eigenvalue weighted by Gasteiger charge is -2.27. The van der Waals surface area contributed by atoms with Gasteiger partial charge in [-0.2, -0.15) is 0 Å². The average Bonchev–Trinajstić information content (AvgIpc) is 2.25. The predicted molar refractivity (Wildman–Crippen MR) is 78.3 cm³/mol. The molecule has 19 heavy (non-hydrogen) atoms. The van der Waals surface area contributed by atoms with Gasteiger partial charge in [0.1, 0.15) is 6.61 Å². The van der Waals surface area contributed by atoms with Crippen molar-refractivity contribution in [3.63, 3.8) is 0 Å². The minimum absolute atomic E-state index is 0.0433. The minimum Gasteiger partial charge on any atom is -0.376 e. The molecule has 1 amide bonds. The highest BCUT2D eigenvalue weighted by Gasteiger charge is 2.21. The number of hydrogen-bond acceptors (Lipinski definition) is 3. The fourth-order valence-electron chi connectivity index (χ4n) is 1.39. The van der Waals surface area contributed by atoms with Gasteiger partial charge in [0.15, 0.2) is 0 Å². The van der Waals surface area contributed by atoms with E-state index in [2.05, 4.69) is 12.2 Å². The molecule has 1 N–H and O–H groups in total. The third-order valence-corrected chi connectivity index (χ3v) is 2.69. The molecule has 0 saturated heterocycles. The fourth-order valence-corrected chi connectivity index (χ4v) is 1.39. The number of rotatable bonds is 9. The lowest BCUT2D eigenvalue weighted by atomic mass is 10.1. The van der Waals surface area contributed by atoms with Crippen LogP contribution in [-0.2, 0) is 14.3 Å². The highest BCUT2D eigenvalue weighted by Crippen LogP contribution is 2.16. The zero-order chi connectivity index (χ0) is 14.9. The smallest absolute Gasteiger partial charge is 0.246 e. The van der Waals surface area contributed by atoms with Crippen LogP contribution in [-0.4, -0.2) is 36.9 Å². The predicted octanol–water partition coefficient (Wildman–Crippen LogP) is 2.90. The second kappa shape index (κ2) is 8.54. The molecular formula is C15H31NO3. The molecule has 0 spiro atoms. The molecule has 0 aliphatic heterocycles. The van der Waals surface area contributed by atoms with Gasteiger partial charge in [-0.05, 0) is 47.5 Å². The van der Waals surface area contributed by atoms with Crippen LogP contribution < -0.4 is 5.32 Å². The Labute approximate surface area is 118 Å². The van der Waals surface area contributed by atoms with Gasteiger partial charge in [0.2, 0.25) is 5.91 Å². The van der Waals surface area contributed by atoms with E-state index >= 15 is 0 Å². The summed E-state index contributed by atoms with van der Waals surface area (Å²) in [6.45, 7) is 13.6. The molecule has 4 heteroatoms. The molecule has 0 bridgehead atoms. The number of nitrogens with one attached hydrogen (secondary N) is 1. The van der Waals surface area contributed by atoms with Gasteiger partial charge in [0, 0.05) is 13.2 Å². The molecule has 0 aromatic carbocycles. The second-order valence-electron chi connectivity index (χ2n) is 6.46. The zero-order valence-corrected chi connectivity index (χ0v) is 13.5. The Balaban J connectivity index is 3.80. The number of amides is 1. The van der Waals surface area contributed by atoms with E-state index in [1.54, 1.807) is 0 Å². The van der Waals surface area contributed by atoms with Crippen LogP contribution in [0.5, 0.6) is 0 Å². The highest BCUT2D eigenvalue weighted by molar-refractivity contribution is 5.77. The summed E-state index contributed by atoms with van der Waals surface area (Å²) in [5, 5.41) is 2.84. The summed E-state index contributed by atoms with van der Waals surface area (Å²) in [7, 11) is 0. The Bertz CT molecular complexity index is 257. The van der Waals surface area contributed by atoms with Crippen LogP contribution in [0.3, 0.4) is 0 Å². The summed E-state index contributed by atoms with van der Waals surface area (Å²) in [5.41, 5.74) is -0.471. The first-order chi connectivity index (χ1) is 8.66. The fraction of sp³-hybridized carbons (Fsp3) is 0.933. The molecule has 0 rings (SSSR count). The van der Waals surface area contributed by atoms with Crippen molar-refractivity contribution in [1.29, 1.82) is 0 Å². The van der Waals surface area contributed by atoms with Crippen molar-refractivity contribution >= 4 is 5.91 Å². The Morgan fingerprint density at radius 1 is 1.11 bits per heavy atom. The van der Waals surface area contributed by atoms with Gasteiger partial charge in [-0.25, -0.2) is 0 Å². The molecule has 114 valence electrons. The SMILES string of the molecule is CCCCNC(=O)COC(C)(C)CCOC(C)(C)C. The van der Waals surface area contributed by atoms with Gasteiger partial charge in [0.25, 0.3) is 0 Å². The van der Waals surface area contributed by atoms with Crippen molar-refractivity contribution in [2.24, 2.45) is 0 Å². The normalized spacial score (nSPS) is 12.5. The largest absolute Gasteiger partial charge is 0.376 e. The van der Waals surface area contributed by atoms with Gasteiger partial charge < -0.3 is 14.8 Å². The van der Waals surface area contributed by atoms with E-state index in [0.717, 1.165) is 25.8 Å². The lowest BCUT2D eigenvalue weighted by Crippen LogP contribution is -2.35. The Hall–Kier alpha value is -0.610. The van der Waals surface area contributed by atoms with Crippen molar-refractivity contribution in [3.05, 3.63) is 0 Å². The van der Waals surface area contributed by atoms with Gasteiger partial charge in [-0.1, -0.05) is 13.3 Å². The summed E-state index contributed by atoms with van der Waals surface area (Å²) in [6, 6.07) is 0. The number of carbonyl (C=O) groups is 1. The van der Waals surface area contributed by atoms with Crippen LogP contribution in [0, 0.1) is 0 Å². The van der Waals surface area contributed by atoms with E-state index in [4.69, 9.17) is 9.47 Å². The average molecular weight is 273 g/mol. The molecule has 0 aliphatic carbocycles. The molecule has 0 aromatic heterocycles. The summed E-state index contributed by atoms with van der Waals surface area (Å²) >= 11 is 0. The van der Waals surface area contributed by atoms with Crippen LogP contribution in [0.25, 0.3) is 0 Å². The minimum atomic E-state index is -0.340. The van der Waals surface area contributed by atoms with E-state index in [1.807, 2.05) is 34.6 Å². The third-order valence-electron chi connectivity index (χ3n) is 2.69. The van der Waals surface area contributed by atoms with Gasteiger partial charge >= 0.3 is 0 Å². The van der Waals surface area contributed by atoms with E-state index in [0.29, 0.717) is 6.61 Å². The quantitative estimate of drug-likeness (QED) is 0.657. The number of carbonyl (C=O) groups excluding carboxylic acids is 1. The topological polar surface area (TPSA) is 47.6 Å². The summed E-state index contributed by atoms with van der Waals surface area (Å²) in [4.78, 5) is 11.5. The molecule has 0 fully saturated rings. The van der Waals surface area contributed by atoms with Crippen LogP contribution in [0.1, 0.15) is 60.8 Å². The molecule has 0 unspecified atom stereocenters. The Kier molecular flexibility index (Phi) is 8.26. The molecule has 0 saturated carbocycles. The first kappa shape index (κ1) is 18.4. The Morgan fingerprint density at radius 3 is 2.26 bits per heavy atom. The van der Waals surface area contributed by atoms with Crippen molar-refractivity contribution in [2.45, 2.75) is 72.0 Å². The van der Waals surface area contributed by atoms with Crippen molar-refractivity contribution < 1.29 is 14.3 Å². The maximum Gasteiger partial charge on any atom is 0.246 e. The number of unbranched alkanes of at least 4 members (excludes halogenated alkanes) is 1. The molecule has 0 aromatic rings. The van der Waals surface area contributed by atoms with Crippen LogP contribution in [0.15, 0.2) is 0 Å². The second-order valence-corrected chi connectivity index (χ2v) is 6.46. The molecular weight excluding hydrogens is 242 g/mol. The monoisotopic (exact) mass is 273 g/mol. The molecule has 0 radical (unpaired) electrons. The van der Waals surface area contributed by atoms with Crippen molar-refractivity contribution in [1.82, 2.24) is 5.32 Å². The molecule has 0 atom stereocenters. The Morgan fingerprint density at radius 2 is 1.74 bits per heavy atom. The highest BCUT2D eigenvalue weighted by atomic mass is 16.5. The first-order valence-corrected chi connectivity index (χ1v) is 7.21. The number of ether oxygens (including phenoxy) is 2. The zero-order valence-electron chi connectivity index (χ0n) is 13.5. The van der Waals surface area contributed by atoms with Crippen LogP contribution in [0.2, 0.25) is 0 Å². The third kappa shape index (κ3) is 12.2. The van der Waals surface area contributed by atoms with E-state index in [1.165, 1.54) is 0 Å². The molecule has 0 heterocycles. The van der Waals surface area contributed by atoms with E-state index in [9.17, 15) is 4.79 Å². The van der Waals surface area contributed by atoms with Crippen LogP contribution in [0.4, 0.5) is 0 Å². The first-order valence-electron chi connectivity index (χ1n) is 7.21. The summed E-state index contributed by atoms with van der Waals surface area (Å²) < 4.78 is 11.3. The van der Waals surface area contributed by atoms with Gasteiger partial charge in [0.05, 0.1) is 11.2 Å². The van der Waals surface area contributed by atoms with E-state index in [-0.39, 0.29) is 23.7 Å². The number of hydrogen-bond donors (Lipinski definition) is 1. The van der Waals surface area contributed by atoms with Crippen LogP contribution >= 0.6 is 0 Å². The molecule has 4 nitrogen and oxygen atoms in total. The molecule has 0 aliphatic rings. The van der Waals surface area contributed by atoms with Crippen molar-refractivity contribution in [2.75, 3.05) is 19.8 Å². The maximum atomic E-state index is 11.5. The lowest BCUT2D eigenvalue weighted by molar-refractivity contribution is -0.133.